The number of aryl methyl sites for hydroxylation is 1. The van der Waals surface area contributed by atoms with Crippen molar-refractivity contribution in [1.82, 2.24) is 5.32 Å². The first-order valence-electron chi connectivity index (χ1n) is 6.52. The molecule has 2 rings (SSSR count). The van der Waals surface area contributed by atoms with Crippen molar-refractivity contribution < 1.29 is 0 Å². The van der Waals surface area contributed by atoms with Crippen LogP contribution in [-0.4, -0.2) is 25.7 Å². The van der Waals surface area contributed by atoms with Crippen LogP contribution in [0.25, 0.3) is 0 Å². The van der Waals surface area contributed by atoms with Crippen LogP contribution in [-0.2, 0) is 0 Å². The molecule has 3 heteroatoms. The number of piperidine rings is 1. The summed E-state index contributed by atoms with van der Waals surface area (Å²) in [6, 6.07) is 8.35. The summed E-state index contributed by atoms with van der Waals surface area (Å²) < 4.78 is 0. The zero-order chi connectivity index (χ0) is 13.2. The van der Waals surface area contributed by atoms with Gasteiger partial charge in [-0.1, -0.05) is 6.07 Å². The normalized spacial score (nSPS) is 18.4. The van der Waals surface area contributed by atoms with E-state index in [1.165, 1.54) is 5.56 Å². The molecule has 1 fully saturated rings. The van der Waals surface area contributed by atoms with Crippen molar-refractivity contribution in [3.05, 3.63) is 29.3 Å². The second-order valence-electron chi connectivity index (χ2n) is 5.43. The number of nitrogens with one attached hydrogen (secondary N) is 1. The van der Waals surface area contributed by atoms with Gasteiger partial charge in [-0.3, -0.25) is 0 Å². The Morgan fingerprint density at radius 3 is 2.56 bits per heavy atom. The summed E-state index contributed by atoms with van der Waals surface area (Å²) in [6.07, 6.45) is 2.23. The molecule has 0 saturated carbocycles. The maximum Gasteiger partial charge on any atom is 0.101 e. The molecule has 18 heavy (non-hydrogen) atoms. The molecule has 0 bridgehead atoms. The Kier molecular flexibility index (Phi) is 3.58. The Morgan fingerprint density at radius 2 is 2.00 bits per heavy atom. The van der Waals surface area contributed by atoms with Crippen LogP contribution in [0.3, 0.4) is 0 Å². The number of rotatable bonds is 2. The standard InChI is InChI=1S/C15H21N3/c1-12-4-5-13(11-16)14(10-12)18-8-6-15(2,17-3)7-9-18/h4-5,10,17H,6-9H2,1-3H3. The van der Waals surface area contributed by atoms with E-state index in [-0.39, 0.29) is 5.54 Å². The first kappa shape index (κ1) is 12.9. The van der Waals surface area contributed by atoms with E-state index in [1.807, 2.05) is 19.2 Å². The van der Waals surface area contributed by atoms with Gasteiger partial charge in [0.1, 0.15) is 6.07 Å². The molecule has 0 radical (unpaired) electrons. The first-order valence-corrected chi connectivity index (χ1v) is 6.52. The fourth-order valence-electron chi connectivity index (χ4n) is 2.49. The van der Waals surface area contributed by atoms with Crippen LogP contribution in [0.5, 0.6) is 0 Å². The predicted octanol–water partition coefficient (Wildman–Crippen LogP) is 2.45. The average Bonchev–Trinajstić information content (AvgIpc) is 2.39. The van der Waals surface area contributed by atoms with Crippen LogP contribution in [0, 0.1) is 18.3 Å². The van der Waals surface area contributed by atoms with Gasteiger partial charge in [0.2, 0.25) is 0 Å². The average molecular weight is 243 g/mol. The van der Waals surface area contributed by atoms with Crippen LogP contribution in [0.2, 0.25) is 0 Å². The summed E-state index contributed by atoms with van der Waals surface area (Å²) in [5.74, 6) is 0. The van der Waals surface area contributed by atoms with E-state index in [1.54, 1.807) is 0 Å². The van der Waals surface area contributed by atoms with Gasteiger partial charge in [-0.2, -0.15) is 5.26 Å². The van der Waals surface area contributed by atoms with Gasteiger partial charge in [-0.15, -0.1) is 0 Å². The lowest BCUT2D eigenvalue weighted by Crippen LogP contribution is -2.50. The second kappa shape index (κ2) is 4.99. The van der Waals surface area contributed by atoms with Gasteiger partial charge in [0.25, 0.3) is 0 Å². The fourth-order valence-corrected chi connectivity index (χ4v) is 2.49. The van der Waals surface area contributed by atoms with E-state index in [0.717, 1.165) is 37.2 Å². The van der Waals surface area contributed by atoms with E-state index in [4.69, 9.17) is 0 Å². The summed E-state index contributed by atoms with van der Waals surface area (Å²) in [6.45, 7) is 6.36. The lowest BCUT2D eigenvalue weighted by atomic mass is 9.89. The fraction of sp³-hybridized carbons (Fsp3) is 0.533. The van der Waals surface area contributed by atoms with E-state index in [0.29, 0.717) is 0 Å². The quantitative estimate of drug-likeness (QED) is 0.867. The van der Waals surface area contributed by atoms with Crippen LogP contribution in [0.15, 0.2) is 18.2 Å². The van der Waals surface area contributed by atoms with Crippen LogP contribution in [0.4, 0.5) is 5.69 Å². The van der Waals surface area contributed by atoms with Crippen molar-refractivity contribution in [2.45, 2.75) is 32.2 Å². The minimum atomic E-state index is 0.243. The zero-order valence-corrected chi connectivity index (χ0v) is 11.5. The second-order valence-corrected chi connectivity index (χ2v) is 5.43. The molecule has 3 nitrogen and oxygen atoms in total. The van der Waals surface area contributed by atoms with Gasteiger partial charge in [0, 0.05) is 18.6 Å². The van der Waals surface area contributed by atoms with Gasteiger partial charge in [-0.05, 0) is 51.4 Å². The summed E-state index contributed by atoms with van der Waals surface area (Å²) in [7, 11) is 2.03. The molecule has 0 unspecified atom stereocenters. The number of nitrogens with zero attached hydrogens (tertiary/aromatic N) is 2. The Hall–Kier alpha value is -1.53. The van der Waals surface area contributed by atoms with Crippen LogP contribution >= 0.6 is 0 Å². The summed E-state index contributed by atoms with van der Waals surface area (Å²) in [5.41, 5.74) is 3.34. The van der Waals surface area contributed by atoms with Crippen molar-refractivity contribution in [3.8, 4) is 6.07 Å². The molecule has 0 spiro atoms. The molecule has 1 aliphatic rings. The Labute approximate surface area is 109 Å². The molecule has 0 aliphatic carbocycles. The Balaban J connectivity index is 2.20. The predicted molar refractivity (Wildman–Crippen MR) is 74.8 cm³/mol. The molecule has 0 amide bonds. The Morgan fingerprint density at radius 1 is 1.33 bits per heavy atom. The molecule has 1 saturated heterocycles. The lowest BCUT2D eigenvalue weighted by molar-refractivity contribution is 0.305. The summed E-state index contributed by atoms with van der Waals surface area (Å²) in [5, 5.41) is 12.6. The largest absolute Gasteiger partial charge is 0.370 e. The van der Waals surface area contributed by atoms with Crippen molar-refractivity contribution in [3.63, 3.8) is 0 Å². The van der Waals surface area contributed by atoms with Gasteiger partial charge < -0.3 is 10.2 Å². The highest BCUT2D eigenvalue weighted by Gasteiger charge is 2.29. The monoisotopic (exact) mass is 243 g/mol. The smallest absolute Gasteiger partial charge is 0.101 e. The minimum absolute atomic E-state index is 0.243. The van der Waals surface area contributed by atoms with Gasteiger partial charge in [-0.25, -0.2) is 0 Å². The van der Waals surface area contributed by atoms with Gasteiger partial charge >= 0.3 is 0 Å². The van der Waals surface area contributed by atoms with E-state index in [9.17, 15) is 5.26 Å². The Bertz CT molecular complexity index is 465. The van der Waals surface area contributed by atoms with E-state index >= 15 is 0 Å². The molecule has 1 heterocycles. The topological polar surface area (TPSA) is 39.1 Å². The van der Waals surface area contributed by atoms with Gasteiger partial charge in [0.15, 0.2) is 0 Å². The third-order valence-corrected chi connectivity index (χ3v) is 4.08. The zero-order valence-electron chi connectivity index (χ0n) is 11.5. The summed E-state index contributed by atoms with van der Waals surface area (Å²) >= 11 is 0. The number of benzene rings is 1. The molecule has 1 aliphatic heterocycles. The minimum Gasteiger partial charge on any atom is -0.370 e. The molecule has 0 aromatic heterocycles. The molecule has 96 valence electrons. The lowest BCUT2D eigenvalue weighted by Gasteiger charge is -2.40. The number of hydrogen-bond acceptors (Lipinski definition) is 3. The third kappa shape index (κ3) is 2.49. The third-order valence-electron chi connectivity index (χ3n) is 4.08. The molecule has 0 atom stereocenters. The highest BCUT2D eigenvalue weighted by atomic mass is 15.2. The van der Waals surface area contributed by atoms with Crippen LogP contribution < -0.4 is 10.2 Å². The van der Waals surface area contributed by atoms with Crippen molar-refractivity contribution >= 4 is 5.69 Å². The van der Waals surface area contributed by atoms with Crippen molar-refractivity contribution in [1.29, 1.82) is 5.26 Å². The highest BCUT2D eigenvalue weighted by Crippen LogP contribution is 2.28. The molecular weight excluding hydrogens is 222 g/mol. The van der Waals surface area contributed by atoms with Gasteiger partial charge in [0.05, 0.1) is 11.3 Å². The number of anilines is 1. The number of hydrogen-bond donors (Lipinski definition) is 1. The maximum absolute atomic E-state index is 9.20. The van der Waals surface area contributed by atoms with E-state index < -0.39 is 0 Å². The first-order chi connectivity index (χ1) is 8.58. The molecule has 1 N–H and O–H groups in total. The molecular formula is C15H21N3. The number of nitriles is 1. The maximum atomic E-state index is 9.20. The summed E-state index contributed by atoms with van der Waals surface area (Å²) in [4.78, 5) is 2.34. The van der Waals surface area contributed by atoms with E-state index in [2.05, 4.69) is 36.2 Å². The highest BCUT2D eigenvalue weighted by molar-refractivity contribution is 5.61. The van der Waals surface area contributed by atoms with Crippen molar-refractivity contribution in [2.75, 3.05) is 25.0 Å². The SMILES string of the molecule is CNC1(C)CCN(c2cc(C)ccc2C#N)CC1. The van der Waals surface area contributed by atoms with Crippen LogP contribution in [0.1, 0.15) is 30.9 Å². The molecule has 1 aromatic rings. The molecule has 1 aromatic carbocycles. The van der Waals surface area contributed by atoms with Crippen molar-refractivity contribution in [2.24, 2.45) is 0 Å².